The summed E-state index contributed by atoms with van der Waals surface area (Å²) in [6.45, 7) is 4.48. The first kappa shape index (κ1) is 20.7. The standard InChI is InChI=1S/C22H36NO/c1-3-5-7-9-10-13-17-20(16-12-8-6-4-2)22(24)23-21-18-14-11-15-19-21/h11,14-15,18,20H,3-10,12-13,16-17H2,1-2H3,(H,23,24). The quantitative estimate of drug-likeness (QED) is 0.375. The van der Waals surface area contributed by atoms with Gasteiger partial charge in [-0.25, -0.2) is 0 Å². The summed E-state index contributed by atoms with van der Waals surface area (Å²) in [5, 5.41) is 3.05. The van der Waals surface area contributed by atoms with Gasteiger partial charge in [0, 0.05) is 17.7 Å². The predicted octanol–water partition coefficient (Wildman–Crippen LogP) is 6.76. The maximum Gasteiger partial charge on any atom is 0.227 e. The van der Waals surface area contributed by atoms with Crippen molar-refractivity contribution in [2.24, 2.45) is 5.92 Å². The molecule has 1 aromatic rings. The van der Waals surface area contributed by atoms with E-state index in [1.54, 1.807) is 0 Å². The molecule has 0 saturated heterocycles. The maximum absolute atomic E-state index is 12.6. The molecule has 0 spiro atoms. The molecule has 0 aliphatic rings. The molecule has 0 aliphatic heterocycles. The van der Waals surface area contributed by atoms with Crippen molar-refractivity contribution in [1.82, 2.24) is 0 Å². The fraction of sp³-hybridized carbons (Fsp3) is 0.682. The molecule has 2 heteroatoms. The molecule has 0 bridgehead atoms. The van der Waals surface area contributed by atoms with E-state index in [1.807, 2.05) is 24.3 Å². The van der Waals surface area contributed by atoms with Crippen molar-refractivity contribution < 1.29 is 4.79 Å². The van der Waals surface area contributed by atoms with E-state index in [-0.39, 0.29) is 11.8 Å². The molecule has 1 radical (unpaired) electrons. The number of carbonyl (C=O) groups is 1. The summed E-state index contributed by atoms with van der Waals surface area (Å²) in [5.74, 6) is 0.337. The van der Waals surface area contributed by atoms with Crippen LogP contribution in [0.3, 0.4) is 0 Å². The Hall–Kier alpha value is -1.31. The zero-order valence-electron chi connectivity index (χ0n) is 15.8. The number of rotatable bonds is 14. The van der Waals surface area contributed by atoms with Crippen molar-refractivity contribution in [1.29, 1.82) is 0 Å². The molecule has 24 heavy (non-hydrogen) atoms. The highest BCUT2D eigenvalue weighted by Gasteiger charge is 2.17. The molecule has 0 saturated carbocycles. The molecule has 1 amide bonds. The molecule has 0 fully saturated rings. The van der Waals surface area contributed by atoms with Gasteiger partial charge in [0.1, 0.15) is 0 Å². The molecule has 1 N–H and O–H groups in total. The number of unbranched alkanes of at least 4 members (excludes halogenated alkanes) is 8. The number of nitrogens with one attached hydrogen (secondary N) is 1. The van der Waals surface area contributed by atoms with Crippen molar-refractivity contribution in [2.45, 2.75) is 90.9 Å². The second kappa shape index (κ2) is 14.1. The van der Waals surface area contributed by atoms with Gasteiger partial charge in [0.2, 0.25) is 5.91 Å². The lowest BCUT2D eigenvalue weighted by Crippen LogP contribution is -2.23. The summed E-state index contributed by atoms with van der Waals surface area (Å²) in [5.41, 5.74) is 0.795. The third-order valence-electron chi connectivity index (χ3n) is 4.65. The van der Waals surface area contributed by atoms with Gasteiger partial charge in [0.05, 0.1) is 0 Å². The van der Waals surface area contributed by atoms with E-state index >= 15 is 0 Å². The van der Waals surface area contributed by atoms with Gasteiger partial charge < -0.3 is 5.32 Å². The number of carbonyl (C=O) groups excluding carboxylic acids is 1. The molecule has 1 unspecified atom stereocenters. The van der Waals surface area contributed by atoms with Crippen LogP contribution in [-0.2, 0) is 4.79 Å². The van der Waals surface area contributed by atoms with Crippen LogP contribution in [0.25, 0.3) is 0 Å². The summed E-state index contributed by atoms with van der Waals surface area (Å²) < 4.78 is 0. The monoisotopic (exact) mass is 330 g/mol. The minimum Gasteiger partial charge on any atom is -0.325 e. The van der Waals surface area contributed by atoms with Crippen LogP contribution >= 0.6 is 0 Å². The van der Waals surface area contributed by atoms with Crippen molar-refractivity contribution in [2.75, 3.05) is 5.32 Å². The Kier molecular flexibility index (Phi) is 12.2. The van der Waals surface area contributed by atoms with E-state index in [0.717, 1.165) is 18.5 Å². The number of amides is 1. The Labute approximate surface area is 149 Å². The number of hydrogen-bond acceptors (Lipinski definition) is 1. The minimum atomic E-state index is 0.154. The largest absolute Gasteiger partial charge is 0.325 e. The highest BCUT2D eigenvalue weighted by Crippen LogP contribution is 2.21. The minimum absolute atomic E-state index is 0.154. The number of anilines is 1. The second-order valence-corrected chi connectivity index (χ2v) is 6.87. The Morgan fingerprint density at radius 2 is 1.50 bits per heavy atom. The van der Waals surface area contributed by atoms with Crippen LogP contribution in [0.2, 0.25) is 0 Å². The Bertz CT molecular complexity index is 415. The van der Waals surface area contributed by atoms with E-state index in [9.17, 15) is 4.79 Å². The summed E-state index contributed by atoms with van der Waals surface area (Å²) in [6.07, 6.45) is 14.7. The van der Waals surface area contributed by atoms with E-state index in [0.29, 0.717) is 0 Å². The zero-order chi connectivity index (χ0) is 17.5. The highest BCUT2D eigenvalue weighted by molar-refractivity contribution is 5.92. The highest BCUT2D eigenvalue weighted by atomic mass is 16.1. The lowest BCUT2D eigenvalue weighted by atomic mass is 9.93. The predicted molar refractivity (Wildman–Crippen MR) is 104 cm³/mol. The average Bonchev–Trinajstić information content (AvgIpc) is 2.60. The molecule has 0 aliphatic carbocycles. The van der Waals surface area contributed by atoms with Gasteiger partial charge >= 0.3 is 0 Å². The first-order chi connectivity index (χ1) is 11.8. The van der Waals surface area contributed by atoms with E-state index in [4.69, 9.17) is 0 Å². The van der Waals surface area contributed by atoms with Crippen molar-refractivity contribution in [3.8, 4) is 0 Å². The van der Waals surface area contributed by atoms with Gasteiger partial charge in [-0.15, -0.1) is 0 Å². The van der Waals surface area contributed by atoms with Crippen molar-refractivity contribution in [3.05, 3.63) is 30.3 Å². The van der Waals surface area contributed by atoms with Gasteiger partial charge in [-0.05, 0) is 18.9 Å². The molecule has 135 valence electrons. The fourth-order valence-electron chi connectivity index (χ4n) is 3.10. The van der Waals surface area contributed by atoms with Crippen LogP contribution in [0.1, 0.15) is 90.9 Å². The van der Waals surface area contributed by atoms with Crippen molar-refractivity contribution in [3.63, 3.8) is 0 Å². The molecule has 0 aromatic heterocycles. The number of para-hydroxylation sites is 1. The maximum atomic E-state index is 12.6. The summed E-state index contributed by atoms with van der Waals surface area (Å²) >= 11 is 0. The first-order valence-electron chi connectivity index (χ1n) is 10.1. The van der Waals surface area contributed by atoms with Crippen LogP contribution in [0, 0.1) is 12.0 Å². The Balaban J connectivity index is 2.39. The number of benzene rings is 1. The van der Waals surface area contributed by atoms with Gasteiger partial charge in [-0.2, -0.15) is 0 Å². The average molecular weight is 331 g/mol. The molecule has 1 rings (SSSR count). The Morgan fingerprint density at radius 1 is 0.917 bits per heavy atom. The van der Waals surface area contributed by atoms with Crippen molar-refractivity contribution >= 4 is 11.6 Å². The molecule has 1 atom stereocenters. The van der Waals surface area contributed by atoms with Crippen LogP contribution in [0.5, 0.6) is 0 Å². The SMILES string of the molecule is CCCCCCCCC(CCCCCC)C(=O)Nc1[c]cccc1. The van der Waals surface area contributed by atoms with E-state index < -0.39 is 0 Å². The van der Waals surface area contributed by atoms with Gasteiger partial charge in [-0.3, -0.25) is 4.79 Å². The third-order valence-corrected chi connectivity index (χ3v) is 4.65. The van der Waals surface area contributed by atoms with E-state index in [2.05, 4.69) is 25.2 Å². The Morgan fingerprint density at radius 3 is 2.08 bits per heavy atom. The van der Waals surface area contributed by atoms with Gasteiger partial charge in [0.15, 0.2) is 0 Å². The molecular formula is C22H36NO. The van der Waals surface area contributed by atoms with Crippen LogP contribution in [0.15, 0.2) is 24.3 Å². The lowest BCUT2D eigenvalue weighted by Gasteiger charge is -2.17. The van der Waals surface area contributed by atoms with Crippen LogP contribution < -0.4 is 5.32 Å². The van der Waals surface area contributed by atoms with Gasteiger partial charge in [-0.1, -0.05) is 96.3 Å². The first-order valence-corrected chi connectivity index (χ1v) is 10.1. The smallest absolute Gasteiger partial charge is 0.227 e. The fourth-order valence-corrected chi connectivity index (χ4v) is 3.10. The molecule has 2 nitrogen and oxygen atoms in total. The third kappa shape index (κ3) is 9.75. The van der Waals surface area contributed by atoms with E-state index in [1.165, 1.54) is 64.2 Å². The van der Waals surface area contributed by atoms with Gasteiger partial charge in [0.25, 0.3) is 0 Å². The second-order valence-electron chi connectivity index (χ2n) is 6.87. The zero-order valence-corrected chi connectivity index (χ0v) is 15.8. The molecule has 1 aromatic carbocycles. The summed E-state index contributed by atoms with van der Waals surface area (Å²) in [4.78, 5) is 12.6. The summed E-state index contributed by atoms with van der Waals surface area (Å²) in [6, 6.07) is 10.7. The topological polar surface area (TPSA) is 29.1 Å². The molecule has 0 heterocycles. The normalized spacial score (nSPS) is 12.1. The summed E-state index contributed by atoms with van der Waals surface area (Å²) in [7, 11) is 0. The number of hydrogen-bond donors (Lipinski definition) is 1. The van der Waals surface area contributed by atoms with Crippen LogP contribution in [-0.4, -0.2) is 5.91 Å². The van der Waals surface area contributed by atoms with Crippen LogP contribution in [0.4, 0.5) is 5.69 Å². The molecular weight excluding hydrogens is 294 g/mol. The lowest BCUT2D eigenvalue weighted by molar-refractivity contribution is -0.120.